The molecule has 0 saturated carbocycles. The van der Waals surface area contributed by atoms with Crippen LogP contribution in [0.1, 0.15) is 0 Å². The van der Waals surface area contributed by atoms with E-state index in [1.807, 2.05) is 37.4 Å². The van der Waals surface area contributed by atoms with E-state index in [0.29, 0.717) is 6.54 Å². The van der Waals surface area contributed by atoms with Gasteiger partial charge in [0.25, 0.3) is 0 Å². The number of likely N-dealkylation sites (N-methyl/N-ethyl adjacent to an activating group) is 2. The molecule has 0 amide bonds. The second-order valence-electron chi connectivity index (χ2n) is 3.19. The SMILES string of the molecule is CNC(C#N)CN(C)c1ccccc1. The maximum absolute atomic E-state index is 8.78. The molecule has 0 bridgehead atoms. The van der Waals surface area contributed by atoms with Gasteiger partial charge in [-0.25, -0.2) is 0 Å². The molecule has 1 aromatic carbocycles. The standard InChI is InChI=1S/C11H15N3/c1-13-10(8-12)9-14(2)11-6-4-3-5-7-11/h3-7,10,13H,9H2,1-2H3. The smallest absolute Gasteiger partial charge is 0.113 e. The van der Waals surface area contributed by atoms with Crippen molar-refractivity contribution in [2.24, 2.45) is 0 Å². The summed E-state index contributed by atoms with van der Waals surface area (Å²) >= 11 is 0. The Morgan fingerprint density at radius 1 is 1.43 bits per heavy atom. The third-order valence-electron chi connectivity index (χ3n) is 2.16. The lowest BCUT2D eigenvalue weighted by Gasteiger charge is -2.21. The molecule has 74 valence electrons. The van der Waals surface area contributed by atoms with Gasteiger partial charge in [0, 0.05) is 19.3 Å². The summed E-state index contributed by atoms with van der Waals surface area (Å²) in [4.78, 5) is 2.06. The summed E-state index contributed by atoms with van der Waals surface area (Å²) in [5.41, 5.74) is 1.13. The Labute approximate surface area is 85.0 Å². The predicted octanol–water partition coefficient (Wildman–Crippen LogP) is 1.23. The fraction of sp³-hybridized carbons (Fsp3) is 0.364. The van der Waals surface area contributed by atoms with E-state index >= 15 is 0 Å². The van der Waals surface area contributed by atoms with Crippen molar-refractivity contribution in [3.05, 3.63) is 30.3 Å². The normalized spacial score (nSPS) is 11.8. The molecule has 0 aliphatic carbocycles. The number of hydrogen-bond acceptors (Lipinski definition) is 3. The molecule has 14 heavy (non-hydrogen) atoms. The Kier molecular flexibility index (Phi) is 3.96. The van der Waals surface area contributed by atoms with E-state index in [1.54, 1.807) is 7.05 Å². The molecule has 0 aliphatic heterocycles. The number of nitrogens with zero attached hydrogens (tertiary/aromatic N) is 2. The van der Waals surface area contributed by atoms with Gasteiger partial charge in [-0.15, -0.1) is 0 Å². The van der Waals surface area contributed by atoms with Crippen LogP contribution in [0.25, 0.3) is 0 Å². The zero-order chi connectivity index (χ0) is 10.4. The summed E-state index contributed by atoms with van der Waals surface area (Å²) in [5.74, 6) is 0. The van der Waals surface area contributed by atoms with Crippen molar-refractivity contribution in [1.82, 2.24) is 5.32 Å². The average molecular weight is 189 g/mol. The van der Waals surface area contributed by atoms with Crippen molar-refractivity contribution in [1.29, 1.82) is 5.26 Å². The first-order valence-corrected chi connectivity index (χ1v) is 4.61. The first-order chi connectivity index (χ1) is 6.77. The highest BCUT2D eigenvalue weighted by molar-refractivity contribution is 5.45. The zero-order valence-electron chi connectivity index (χ0n) is 8.57. The number of nitriles is 1. The van der Waals surface area contributed by atoms with Gasteiger partial charge in [-0.3, -0.25) is 0 Å². The quantitative estimate of drug-likeness (QED) is 0.774. The van der Waals surface area contributed by atoms with E-state index in [1.165, 1.54) is 0 Å². The van der Waals surface area contributed by atoms with Crippen molar-refractivity contribution in [2.45, 2.75) is 6.04 Å². The molecule has 0 aromatic heterocycles. The van der Waals surface area contributed by atoms with E-state index in [0.717, 1.165) is 5.69 Å². The maximum Gasteiger partial charge on any atom is 0.113 e. The third kappa shape index (κ3) is 2.75. The number of hydrogen-bond donors (Lipinski definition) is 1. The lowest BCUT2D eigenvalue weighted by atomic mass is 10.2. The van der Waals surface area contributed by atoms with Gasteiger partial charge >= 0.3 is 0 Å². The molecule has 3 heteroatoms. The van der Waals surface area contributed by atoms with Gasteiger partial charge in [0.2, 0.25) is 0 Å². The number of anilines is 1. The molecule has 0 fully saturated rings. The molecule has 1 unspecified atom stereocenters. The molecule has 3 nitrogen and oxygen atoms in total. The lowest BCUT2D eigenvalue weighted by Crippen LogP contribution is -2.36. The van der Waals surface area contributed by atoms with Crippen molar-refractivity contribution in [3.8, 4) is 6.07 Å². The van der Waals surface area contributed by atoms with E-state index in [9.17, 15) is 0 Å². The molecule has 1 aromatic rings. The highest BCUT2D eigenvalue weighted by atomic mass is 15.1. The molecule has 0 spiro atoms. The van der Waals surface area contributed by atoms with Gasteiger partial charge in [0.15, 0.2) is 0 Å². The number of nitrogens with one attached hydrogen (secondary N) is 1. The fourth-order valence-electron chi connectivity index (χ4n) is 1.26. The van der Waals surface area contributed by atoms with Crippen LogP contribution in [-0.4, -0.2) is 26.7 Å². The maximum atomic E-state index is 8.78. The Hall–Kier alpha value is -1.53. The van der Waals surface area contributed by atoms with Crippen LogP contribution in [0.15, 0.2) is 30.3 Å². The summed E-state index contributed by atoms with van der Waals surface area (Å²) in [6, 6.07) is 12.1. The van der Waals surface area contributed by atoms with E-state index in [2.05, 4.69) is 16.3 Å². The molecule has 1 atom stereocenters. The Morgan fingerprint density at radius 2 is 2.07 bits per heavy atom. The largest absolute Gasteiger partial charge is 0.372 e. The Bertz CT molecular complexity index is 302. The molecular weight excluding hydrogens is 174 g/mol. The lowest BCUT2D eigenvalue weighted by molar-refractivity contribution is 0.666. The van der Waals surface area contributed by atoms with Crippen molar-refractivity contribution < 1.29 is 0 Å². The number of para-hydroxylation sites is 1. The monoisotopic (exact) mass is 189 g/mol. The molecule has 0 radical (unpaired) electrons. The van der Waals surface area contributed by atoms with Crippen molar-refractivity contribution in [2.75, 3.05) is 25.5 Å². The van der Waals surface area contributed by atoms with E-state index < -0.39 is 0 Å². The van der Waals surface area contributed by atoms with Crippen LogP contribution in [0.3, 0.4) is 0 Å². The summed E-state index contributed by atoms with van der Waals surface area (Å²) in [6.45, 7) is 0.691. The Morgan fingerprint density at radius 3 is 2.57 bits per heavy atom. The average Bonchev–Trinajstić information content (AvgIpc) is 2.26. The molecule has 1 rings (SSSR count). The zero-order valence-corrected chi connectivity index (χ0v) is 8.57. The third-order valence-corrected chi connectivity index (χ3v) is 2.16. The first-order valence-electron chi connectivity index (χ1n) is 4.61. The highest BCUT2D eigenvalue weighted by Gasteiger charge is 2.07. The van der Waals surface area contributed by atoms with E-state index in [-0.39, 0.29) is 6.04 Å². The predicted molar refractivity (Wildman–Crippen MR) is 58.2 cm³/mol. The van der Waals surface area contributed by atoms with Crippen LogP contribution in [0.5, 0.6) is 0 Å². The summed E-state index contributed by atoms with van der Waals surface area (Å²) < 4.78 is 0. The van der Waals surface area contributed by atoms with Crippen molar-refractivity contribution >= 4 is 5.69 Å². The van der Waals surface area contributed by atoms with Gasteiger partial charge in [-0.2, -0.15) is 5.26 Å². The molecule has 1 N–H and O–H groups in total. The van der Waals surface area contributed by atoms with Crippen LogP contribution in [-0.2, 0) is 0 Å². The minimum absolute atomic E-state index is 0.125. The highest BCUT2D eigenvalue weighted by Crippen LogP contribution is 2.10. The minimum Gasteiger partial charge on any atom is -0.372 e. The summed E-state index contributed by atoms with van der Waals surface area (Å²) in [6.07, 6.45) is 0. The fourth-order valence-corrected chi connectivity index (χ4v) is 1.26. The van der Waals surface area contributed by atoms with Gasteiger partial charge in [0.05, 0.1) is 6.07 Å². The molecule has 0 heterocycles. The van der Waals surface area contributed by atoms with E-state index in [4.69, 9.17) is 5.26 Å². The van der Waals surface area contributed by atoms with Gasteiger partial charge < -0.3 is 10.2 Å². The van der Waals surface area contributed by atoms with Gasteiger partial charge in [-0.1, -0.05) is 18.2 Å². The second-order valence-corrected chi connectivity index (χ2v) is 3.19. The second kappa shape index (κ2) is 5.25. The molecular formula is C11H15N3. The van der Waals surface area contributed by atoms with Crippen LogP contribution < -0.4 is 10.2 Å². The van der Waals surface area contributed by atoms with Crippen LogP contribution >= 0.6 is 0 Å². The van der Waals surface area contributed by atoms with Gasteiger partial charge in [-0.05, 0) is 19.2 Å². The van der Waals surface area contributed by atoms with Crippen LogP contribution in [0.2, 0.25) is 0 Å². The topological polar surface area (TPSA) is 39.1 Å². The first kappa shape index (κ1) is 10.6. The van der Waals surface area contributed by atoms with Gasteiger partial charge in [0.1, 0.15) is 6.04 Å². The van der Waals surface area contributed by atoms with Crippen molar-refractivity contribution in [3.63, 3.8) is 0 Å². The minimum atomic E-state index is -0.125. The Balaban J connectivity index is 2.59. The summed E-state index contributed by atoms with van der Waals surface area (Å²) in [5, 5.41) is 11.7. The number of benzene rings is 1. The van der Waals surface area contributed by atoms with Crippen LogP contribution in [0, 0.1) is 11.3 Å². The number of rotatable bonds is 4. The van der Waals surface area contributed by atoms with Crippen LogP contribution in [0.4, 0.5) is 5.69 Å². The molecule has 0 saturated heterocycles. The molecule has 0 aliphatic rings. The summed E-state index contributed by atoms with van der Waals surface area (Å²) in [7, 11) is 3.78.